The van der Waals surface area contributed by atoms with Gasteiger partial charge in [0, 0.05) is 49.7 Å². The van der Waals surface area contributed by atoms with Crippen LogP contribution in [0.5, 0.6) is 11.5 Å². The van der Waals surface area contributed by atoms with Gasteiger partial charge in [-0.2, -0.15) is 15.3 Å². The van der Waals surface area contributed by atoms with E-state index < -0.39 is 0 Å². The second-order valence-electron chi connectivity index (χ2n) is 10.1. The summed E-state index contributed by atoms with van der Waals surface area (Å²) in [5.74, 6) is 2.12. The first-order valence-electron chi connectivity index (χ1n) is 12.6. The van der Waals surface area contributed by atoms with Gasteiger partial charge in [0.25, 0.3) is 0 Å². The molecular weight excluding hydrogens is 450 g/mol. The monoisotopic (exact) mass is 481 g/mol. The van der Waals surface area contributed by atoms with Crippen molar-refractivity contribution in [3.05, 3.63) is 66.5 Å². The number of phenols is 1. The Morgan fingerprint density at radius 3 is 2.64 bits per heavy atom. The van der Waals surface area contributed by atoms with Gasteiger partial charge < -0.3 is 14.7 Å². The van der Waals surface area contributed by atoms with Crippen molar-refractivity contribution in [3.63, 3.8) is 0 Å². The van der Waals surface area contributed by atoms with Gasteiger partial charge in [-0.25, -0.2) is 0 Å². The van der Waals surface area contributed by atoms with Gasteiger partial charge >= 0.3 is 0 Å². The molecule has 2 aliphatic rings. The molecule has 1 N–H and O–H groups in total. The van der Waals surface area contributed by atoms with Crippen molar-refractivity contribution in [3.8, 4) is 33.9 Å². The number of methoxy groups -OCH3 is 1. The number of hydrogen-bond donors (Lipinski definition) is 1. The number of aromatic hydroxyl groups is 1. The number of allylic oxidation sites excluding steroid dienone is 2. The molecule has 0 spiro atoms. The summed E-state index contributed by atoms with van der Waals surface area (Å²) < 4.78 is 7.33. The van der Waals surface area contributed by atoms with Crippen LogP contribution in [0.3, 0.4) is 0 Å². The van der Waals surface area contributed by atoms with E-state index in [9.17, 15) is 5.11 Å². The molecule has 6 rings (SSSR count). The molecule has 1 unspecified atom stereocenters. The number of benzene rings is 2. The van der Waals surface area contributed by atoms with Crippen LogP contribution in [0, 0.1) is 5.92 Å². The Bertz CT molecular complexity index is 1420. The highest BCUT2D eigenvalue weighted by Crippen LogP contribution is 2.36. The molecule has 4 aromatic rings. The van der Waals surface area contributed by atoms with E-state index in [-0.39, 0.29) is 5.75 Å². The van der Waals surface area contributed by atoms with Gasteiger partial charge in [0.1, 0.15) is 17.0 Å². The summed E-state index contributed by atoms with van der Waals surface area (Å²) in [6.45, 7) is 3.30. The number of ether oxygens (including phenoxy) is 1. The molecule has 7 nitrogen and oxygen atoms in total. The Labute approximate surface area is 211 Å². The number of phenolic OH excluding ortho intramolecular Hbond substituents is 1. The lowest BCUT2D eigenvalue weighted by atomic mass is 9.90. The van der Waals surface area contributed by atoms with Crippen molar-refractivity contribution in [2.24, 2.45) is 13.0 Å². The molecule has 0 bridgehead atoms. The summed E-state index contributed by atoms with van der Waals surface area (Å²) in [7, 11) is 3.54. The Hall–Kier alpha value is -3.71. The van der Waals surface area contributed by atoms with E-state index in [1.165, 1.54) is 25.8 Å². The van der Waals surface area contributed by atoms with E-state index in [0.29, 0.717) is 22.9 Å². The molecule has 2 aromatic carbocycles. The highest BCUT2D eigenvalue weighted by molar-refractivity contribution is 5.90. The van der Waals surface area contributed by atoms with Crippen molar-refractivity contribution < 1.29 is 9.84 Å². The van der Waals surface area contributed by atoms with Gasteiger partial charge in [-0.05, 0) is 72.7 Å². The number of hydrogen-bond acceptors (Lipinski definition) is 6. The molecular formula is C29H31N5O2. The van der Waals surface area contributed by atoms with Gasteiger partial charge in [0.15, 0.2) is 0 Å². The van der Waals surface area contributed by atoms with E-state index in [1.807, 2.05) is 37.5 Å². The maximum absolute atomic E-state index is 10.8. The quantitative estimate of drug-likeness (QED) is 0.383. The van der Waals surface area contributed by atoms with E-state index in [2.05, 4.69) is 44.5 Å². The largest absolute Gasteiger partial charge is 0.507 e. The average molecular weight is 482 g/mol. The van der Waals surface area contributed by atoms with E-state index >= 15 is 0 Å². The number of rotatable bonds is 6. The van der Waals surface area contributed by atoms with Gasteiger partial charge in [-0.3, -0.25) is 4.68 Å². The second kappa shape index (κ2) is 9.39. The molecule has 1 fully saturated rings. The molecule has 0 radical (unpaired) electrons. The first-order chi connectivity index (χ1) is 17.6. The Morgan fingerprint density at radius 2 is 1.92 bits per heavy atom. The Kier molecular flexibility index (Phi) is 5.93. The predicted molar refractivity (Wildman–Crippen MR) is 141 cm³/mol. The van der Waals surface area contributed by atoms with Crippen LogP contribution in [-0.2, 0) is 7.05 Å². The fourth-order valence-electron chi connectivity index (χ4n) is 5.47. The summed E-state index contributed by atoms with van der Waals surface area (Å²) >= 11 is 0. The zero-order valence-corrected chi connectivity index (χ0v) is 20.8. The minimum Gasteiger partial charge on any atom is -0.507 e. The van der Waals surface area contributed by atoms with Crippen LogP contribution < -0.4 is 4.74 Å². The molecule has 1 aliphatic heterocycles. The number of likely N-dealkylation sites (tertiary alicyclic amines) is 1. The molecule has 0 saturated carbocycles. The van der Waals surface area contributed by atoms with Crippen LogP contribution in [0.1, 0.15) is 30.9 Å². The Morgan fingerprint density at radius 1 is 1.03 bits per heavy atom. The van der Waals surface area contributed by atoms with E-state index in [1.54, 1.807) is 17.9 Å². The van der Waals surface area contributed by atoms with Crippen LogP contribution in [0.25, 0.3) is 33.3 Å². The number of aromatic nitrogens is 4. The second-order valence-corrected chi connectivity index (χ2v) is 10.1. The maximum Gasteiger partial charge on any atom is 0.147 e. The third kappa shape index (κ3) is 4.35. The van der Waals surface area contributed by atoms with E-state index in [4.69, 9.17) is 4.74 Å². The van der Waals surface area contributed by atoms with Gasteiger partial charge in [0.2, 0.25) is 0 Å². The summed E-state index contributed by atoms with van der Waals surface area (Å²) in [5, 5.41) is 25.3. The average Bonchev–Trinajstić information content (AvgIpc) is 3.26. The predicted octanol–water partition coefficient (Wildman–Crippen LogP) is 5.17. The summed E-state index contributed by atoms with van der Waals surface area (Å²) in [4.78, 5) is 2.53. The summed E-state index contributed by atoms with van der Waals surface area (Å²) in [6, 6.07) is 13.7. The molecule has 7 heteroatoms. The van der Waals surface area contributed by atoms with Gasteiger partial charge in [0.05, 0.1) is 18.5 Å². The SMILES string of the molecule is COc1cc(-c2ccc(-c3ccc(C4CN(CC5CC=CCC5)C4)nn3)c(O)c2)cc2cn(C)nc12. The first-order valence-corrected chi connectivity index (χ1v) is 12.6. The zero-order chi connectivity index (χ0) is 24.6. The summed E-state index contributed by atoms with van der Waals surface area (Å²) in [5.41, 5.74) is 5.05. The fraction of sp³-hybridized carbons (Fsp3) is 0.345. The normalized spacial score (nSPS) is 18.4. The number of aryl methyl sites for hydroxylation is 1. The molecule has 184 valence electrons. The number of nitrogens with zero attached hydrogens (tertiary/aromatic N) is 5. The standard InChI is InChI=1S/C29H31N5O2/c1-33-16-22-12-21(14-28(36-2)29(22)32-33)20-8-9-24(27(35)13-20)26-11-10-25(30-31-26)23-17-34(18-23)15-19-6-4-3-5-7-19/h3-4,8-14,16,19,23,35H,5-7,15,17-18H2,1-2H3. The molecule has 1 saturated heterocycles. The minimum atomic E-state index is 0.177. The van der Waals surface area contributed by atoms with Crippen LogP contribution in [0.4, 0.5) is 0 Å². The van der Waals surface area contributed by atoms with Gasteiger partial charge in [-0.15, -0.1) is 0 Å². The molecule has 3 heterocycles. The Balaban J connectivity index is 1.16. The minimum absolute atomic E-state index is 0.177. The number of fused-ring (bicyclic) bond motifs is 1. The van der Waals surface area contributed by atoms with Crippen LogP contribution in [0.2, 0.25) is 0 Å². The molecule has 2 aromatic heterocycles. The zero-order valence-electron chi connectivity index (χ0n) is 20.8. The molecule has 1 aliphatic carbocycles. The van der Waals surface area contributed by atoms with Gasteiger partial charge in [-0.1, -0.05) is 18.2 Å². The van der Waals surface area contributed by atoms with Crippen LogP contribution in [-0.4, -0.2) is 56.7 Å². The highest BCUT2D eigenvalue weighted by Gasteiger charge is 2.31. The molecule has 0 amide bonds. The molecule has 1 atom stereocenters. The lowest BCUT2D eigenvalue weighted by molar-refractivity contribution is 0.118. The fourth-order valence-corrected chi connectivity index (χ4v) is 5.47. The third-order valence-electron chi connectivity index (χ3n) is 7.47. The molecule has 36 heavy (non-hydrogen) atoms. The lowest BCUT2D eigenvalue weighted by Crippen LogP contribution is -2.47. The van der Waals surface area contributed by atoms with Crippen molar-refractivity contribution in [2.45, 2.75) is 25.2 Å². The van der Waals surface area contributed by atoms with Crippen molar-refractivity contribution in [1.82, 2.24) is 24.9 Å². The third-order valence-corrected chi connectivity index (χ3v) is 7.47. The van der Waals surface area contributed by atoms with Crippen molar-refractivity contribution in [2.75, 3.05) is 26.7 Å². The maximum atomic E-state index is 10.8. The highest BCUT2D eigenvalue weighted by atomic mass is 16.5. The summed E-state index contributed by atoms with van der Waals surface area (Å²) in [6.07, 6.45) is 10.3. The first kappa shape index (κ1) is 22.7. The smallest absolute Gasteiger partial charge is 0.147 e. The van der Waals surface area contributed by atoms with Crippen molar-refractivity contribution in [1.29, 1.82) is 0 Å². The lowest BCUT2D eigenvalue weighted by Gasteiger charge is -2.41. The van der Waals surface area contributed by atoms with Crippen molar-refractivity contribution >= 4 is 10.9 Å². The van der Waals surface area contributed by atoms with Crippen LogP contribution in [0.15, 0.2) is 60.8 Å². The van der Waals surface area contributed by atoms with E-state index in [0.717, 1.165) is 46.7 Å². The topological polar surface area (TPSA) is 76.3 Å². The van der Waals surface area contributed by atoms with Crippen LogP contribution >= 0.6 is 0 Å².